The average molecular weight is 625 g/mol. The van der Waals surface area contributed by atoms with E-state index < -0.39 is 12.0 Å². The minimum absolute atomic E-state index is 0.0200. The van der Waals surface area contributed by atoms with Crippen LogP contribution in [0.3, 0.4) is 0 Å². The molecule has 244 valence electrons. The van der Waals surface area contributed by atoms with E-state index in [0.29, 0.717) is 38.5 Å². The zero-order valence-electron chi connectivity index (χ0n) is 27.2. The summed E-state index contributed by atoms with van der Waals surface area (Å²) in [7, 11) is 0. The summed E-state index contributed by atoms with van der Waals surface area (Å²) in [5, 5.41) is 8.21. The van der Waals surface area contributed by atoms with Crippen LogP contribution in [0.4, 0.5) is 0 Å². The Balaban J connectivity index is 1.53. The average Bonchev–Trinajstić information content (AvgIpc) is 3.04. The number of amides is 2. The molecule has 1 aliphatic rings. The molecule has 0 bridgehead atoms. The first kappa shape index (κ1) is 34.7. The number of carbonyl (C=O) groups is 5. The lowest BCUT2D eigenvalue weighted by atomic mass is 9.82. The van der Waals surface area contributed by atoms with Crippen molar-refractivity contribution in [2.45, 2.75) is 96.6 Å². The number of fused-ring (bicyclic) bond motifs is 1. The number of rotatable bonds is 17. The van der Waals surface area contributed by atoms with E-state index >= 15 is 0 Å². The predicted octanol–water partition coefficient (Wildman–Crippen LogP) is 6.34. The first-order valence-electron chi connectivity index (χ1n) is 16.8. The van der Waals surface area contributed by atoms with Crippen LogP contribution in [0.15, 0.2) is 72.8 Å². The van der Waals surface area contributed by atoms with Gasteiger partial charge in [-0.15, -0.1) is 0 Å². The Morgan fingerprint density at radius 2 is 1.65 bits per heavy atom. The highest BCUT2D eigenvalue weighted by Gasteiger charge is 2.31. The Morgan fingerprint density at radius 3 is 2.39 bits per heavy atom. The lowest BCUT2D eigenvalue weighted by Crippen LogP contribution is -2.46. The van der Waals surface area contributed by atoms with Crippen LogP contribution in [0.1, 0.15) is 82.8 Å². The molecule has 1 aliphatic carbocycles. The molecule has 0 aliphatic heterocycles. The molecule has 1 fully saturated rings. The quantitative estimate of drug-likeness (QED) is 0.170. The molecule has 0 saturated heterocycles. The standard InChI is InChI=1S/C39H48N2O5/c1-27(2)22-32(39(46)40-33(18-11-21-42)24-31-15-7-9-20-36(31)43)26-37(44)35(41-38(45)23-28-12-4-3-5-13-28)25-30-17-10-16-29-14-6-8-19-34(29)30/h3-6,8,10,12-14,16-17,19,21,27,31-33,35H,7,9,11,15,18,20,22-26H2,1-2H3,(H,40,46)(H,41,45)/t31-,32+,33+,35-/m0/s1. The highest BCUT2D eigenvalue weighted by molar-refractivity contribution is 5.94. The van der Waals surface area contributed by atoms with E-state index in [1.807, 2.05) is 86.6 Å². The van der Waals surface area contributed by atoms with Crippen LogP contribution < -0.4 is 10.6 Å². The summed E-state index contributed by atoms with van der Waals surface area (Å²) >= 11 is 0. The van der Waals surface area contributed by atoms with E-state index in [1.54, 1.807) is 0 Å². The van der Waals surface area contributed by atoms with Gasteiger partial charge in [0.2, 0.25) is 11.8 Å². The molecule has 7 heteroatoms. The summed E-state index contributed by atoms with van der Waals surface area (Å²) in [6, 6.07) is 22.2. The maximum absolute atomic E-state index is 14.1. The second-order valence-electron chi connectivity index (χ2n) is 13.2. The number of ketones is 2. The van der Waals surface area contributed by atoms with Gasteiger partial charge in [0, 0.05) is 43.6 Å². The van der Waals surface area contributed by atoms with Gasteiger partial charge < -0.3 is 15.4 Å². The lowest BCUT2D eigenvalue weighted by molar-refractivity contribution is -0.132. The molecular weight excluding hydrogens is 576 g/mol. The fourth-order valence-electron chi connectivity index (χ4n) is 6.68. The van der Waals surface area contributed by atoms with Crippen molar-refractivity contribution in [2.24, 2.45) is 17.8 Å². The fraction of sp³-hybridized carbons (Fsp3) is 0.462. The number of nitrogens with one attached hydrogen (secondary N) is 2. The van der Waals surface area contributed by atoms with Crippen LogP contribution in [0.5, 0.6) is 0 Å². The summed E-state index contributed by atoms with van der Waals surface area (Å²) in [5.74, 6) is -1.01. The van der Waals surface area contributed by atoms with E-state index in [0.717, 1.165) is 47.4 Å². The van der Waals surface area contributed by atoms with Gasteiger partial charge in [-0.1, -0.05) is 93.1 Å². The first-order chi connectivity index (χ1) is 22.2. The molecule has 0 heterocycles. The van der Waals surface area contributed by atoms with E-state index in [1.165, 1.54) is 0 Å². The molecular formula is C39H48N2O5. The van der Waals surface area contributed by atoms with Crippen molar-refractivity contribution in [3.8, 4) is 0 Å². The minimum atomic E-state index is -0.810. The Hall–Kier alpha value is -4.13. The van der Waals surface area contributed by atoms with Crippen molar-refractivity contribution in [3.63, 3.8) is 0 Å². The number of hydrogen-bond acceptors (Lipinski definition) is 5. The summed E-state index contributed by atoms with van der Waals surface area (Å²) < 4.78 is 0. The van der Waals surface area contributed by atoms with Gasteiger partial charge in [-0.25, -0.2) is 0 Å². The largest absolute Gasteiger partial charge is 0.353 e. The van der Waals surface area contributed by atoms with Crippen molar-refractivity contribution in [2.75, 3.05) is 0 Å². The molecule has 3 aromatic carbocycles. The van der Waals surface area contributed by atoms with Gasteiger partial charge in [0.25, 0.3) is 0 Å². The van der Waals surface area contributed by atoms with Crippen LogP contribution >= 0.6 is 0 Å². The first-order valence-corrected chi connectivity index (χ1v) is 16.8. The monoisotopic (exact) mass is 624 g/mol. The number of hydrogen-bond donors (Lipinski definition) is 2. The van der Waals surface area contributed by atoms with Gasteiger partial charge >= 0.3 is 0 Å². The molecule has 7 nitrogen and oxygen atoms in total. The summed E-state index contributed by atoms with van der Waals surface area (Å²) in [6.45, 7) is 4.04. The molecule has 4 atom stereocenters. The smallest absolute Gasteiger partial charge is 0.225 e. The Bertz CT molecular complexity index is 1480. The summed E-state index contributed by atoms with van der Waals surface area (Å²) in [5.41, 5.74) is 1.80. The van der Waals surface area contributed by atoms with Gasteiger partial charge in [-0.3, -0.25) is 19.2 Å². The third kappa shape index (κ3) is 10.5. The van der Waals surface area contributed by atoms with Crippen molar-refractivity contribution < 1.29 is 24.0 Å². The van der Waals surface area contributed by atoms with Crippen molar-refractivity contribution >= 4 is 40.4 Å². The normalized spacial score (nSPS) is 16.8. The Labute approximate surface area is 272 Å². The SMILES string of the molecule is CC(C)C[C@H](CC(=O)[C@H](Cc1cccc2ccccc12)NC(=O)Cc1ccccc1)C(=O)N[C@H](CCC=O)C[C@@H]1CCCCC1=O. The number of Topliss-reactive ketones (excluding diaryl/α,β-unsaturated/α-hetero) is 2. The zero-order chi connectivity index (χ0) is 32.9. The third-order valence-corrected chi connectivity index (χ3v) is 9.04. The molecule has 2 N–H and O–H groups in total. The topological polar surface area (TPSA) is 109 Å². The fourth-order valence-corrected chi connectivity index (χ4v) is 6.68. The van der Waals surface area contributed by atoms with Crippen molar-refractivity contribution in [3.05, 3.63) is 83.9 Å². The van der Waals surface area contributed by atoms with Crippen molar-refractivity contribution in [1.82, 2.24) is 10.6 Å². The zero-order valence-corrected chi connectivity index (χ0v) is 27.2. The molecule has 0 unspecified atom stereocenters. The molecule has 0 spiro atoms. The Kier molecular flexibility index (Phi) is 13.2. The van der Waals surface area contributed by atoms with E-state index in [9.17, 15) is 24.0 Å². The maximum atomic E-state index is 14.1. The molecule has 2 amide bonds. The molecule has 4 rings (SSSR count). The van der Waals surface area contributed by atoms with Crippen LogP contribution in [0.2, 0.25) is 0 Å². The van der Waals surface area contributed by atoms with Crippen LogP contribution in [0, 0.1) is 17.8 Å². The third-order valence-electron chi connectivity index (χ3n) is 9.04. The number of carbonyl (C=O) groups excluding carboxylic acids is 5. The molecule has 0 aromatic heterocycles. The minimum Gasteiger partial charge on any atom is -0.353 e. The molecule has 0 radical (unpaired) electrons. The van der Waals surface area contributed by atoms with E-state index in [4.69, 9.17) is 0 Å². The second-order valence-corrected chi connectivity index (χ2v) is 13.2. The van der Waals surface area contributed by atoms with Crippen LogP contribution in [-0.2, 0) is 36.8 Å². The van der Waals surface area contributed by atoms with Gasteiger partial charge in [-0.2, -0.15) is 0 Å². The lowest BCUT2D eigenvalue weighted by Gasteiger charge is -2.28. The summed E-state index contributed by atoms with van der Waals surface area (Å²) in [4.78, 5) is 64.9. The Morgan fingerprint density at radius 1 is 0.913 bits per heavy atom. The number of aldehydes is 1. The number of benzene rings is 3. The van der Waals surface area contributed by atoms with Crippen LogP contribution in [0.25, 0.3) is 10.8 Å². The highest BCUT2D eigenvalue weighted by Crippen LogP contribution is 2.27. The van der Waals surface area contributed by atoms with Gasteiger partial charge in [0.15, 0.2) is 5.78 Å². The molecule has 1 saturated carbocycles. The second kappa shape index (κ2) is 17.5. The van der Waals surface area contributed by atoms with Gasteiger partial charge in [0.05, 0.1) is 12.5 Å². The predicted molar refractivity (Wildman–Crippen MR) is 181 cm³/mol. The van der Waals surface area contributed by atoms with Gasteiger partial charge in [-0.05, 0) is 59.9 Å². The van der Waals surface area contributed by atoms with E-state index in [-0.39, 0.29) is 54.1 Å². The highest BCUT2D eigenvalue weighted by atomic mass is 16.2. The molecule has 3 aromatic rings. The van der Waals surface area contributed by atoms with Crippen molar-refractivity contribution in [1.29, 1.82) is 0 Å². The van der Waals surface area contributed by atoms with E-state index in [2.05, 4.69) is 10.6 Å². The van der Waals surface area contributed by atoms with Crippen LogP contribution in [-0.4, -0.2) is 41.8 Å². The molecule has 46 heavy (non-hydrogen) atoms. The maximum Gasteiger partial charge on any atom is 0.225 e. The van der Waals surface area contributed by atoms with Gasteiger partial charge in [0.1, 0.15) is 12.1 Å². The summed E-state index contributed by atoms with van der Waals surface area (Å²) in [6.07, 6.45) is 6.30.